The third-order valence-electron chi connectivity index (χ3n) is 12.7. The topological polar surface area (TPSA) is 78.9 Å². The first-order valence-electron chi connectivity index (χ1n) is 30.5. The molecule has 0 aliphatic heterocycles. The van der Waals surface area contributed by atoms with Crippen LogP contribution in [-0.4, -0.2) is 37.2 Å². The van der Waals surface area contributed by atoms with E-state index in [1.54, 1.807) is 0 Å². The van der Waals surface area contributed by atoms with Crippen LogP contribution in [0.4, 0.5) is 0 Å². The monoisotopic (exact) mass is 1020 g/mol. The number of allylic oxidation sites excluding steroid dienone is 20. The van der Waals surface area contributed by atoms with Gasteiger partial charge in [0.15, 0.2) is 6.10 Å². The predicted molar refractivity (Wildman–Crippen MR) is 320 cm³/mol. The molecule has 0 bridgehead atoms. The molecule has 0 saturated heterocycles. The zero-order valence-electron chi connectivity index (χ0n) is 48.1. The smallest absolute Gasteiger partial charge is 0.306 e. The maximum Gasteiger partial charge on any atom is 0.306 e. The molecule has 0 saturated carbocycles. The number of esters is 3. The molecule has 0 heterocycles. The summed E-state index contributed by atoms with van der Waals surface area (Å²) in [5, 5.41) is 0. The van der Waals surface area contributed by atoms with Gasteiger partial charge in [-0.3, -0.25) is 14.4 Å². The Bertz CT molecular complexity index is 1550. The van der Waals surface area contributed by atoms with Gasteiger partial charge in [-0.15, -0.1) is 0 Å². The second-order valence-corrected chi connectivity index (χ2v) is 19.9. The van der Waals surface area contributed by atoms with Gasteiger partial charge in [-0.2, -0.15) is 0 Å². The van der Waals surface area contributed by atoms with Crippen molar-refractivity contribution in [2.24, 2.45) is 0 Å². The van der Waals surface area contributed by atoms with Crippen molar-refractivity contribution in [3.05, 3.63) is 122 Å². The van der Waals surface area contributed by atoms with Crippen molar-refractivity contribution in [1.82, 2.24) is 0 Å². The summed E-state index contributed by atoms with van der Waals surface area (Å²) in [5.74, 6) is -0.947. The molecule has 1 atom stereocenters. The van der Waals surface area contributed by atoms with Crippen LogP contribution in [0.15, 0.2) is 122 Å². The van der Waals surface area contributed by atoms with Crippen molar-refractivity contribution in [1.29, 1.82) is 0 Å². The zero-order valence-corrected chi connectivity index (χ0v) is 48.1. The van der Waals surface area contributed by atoms with E-state index < -0.39 is 6.10 Å². The lowest BCUT2D eigenvalue weighted by Crippen LogP contribution is -2.30. The van der Waals surface area contributed by atoms with E-state index in [1.807, 2.05) is 0 Å². The van der Waals surface area contributed by atoms with Gasteiger partial charge < -0.3 is 14.2 Å². The summed E-state index contributed by atoms with van der Waals surface area (Å²) in [5.41, 5.74) is 0. The minimum absolute atomic E-state index is 0.0956. The Morgan fingerprint density at radius 3 is 0.878 bits per heavy atom. The van der Waals surface area contributed by atoms with Gasteiger partial charge in [-0.05, 0) is 116 Å². The third kappa shape index (κ3) is 58.7. The molecule has 0 fully saturated rings. The highest BCUT2D eigenvalue weighted by atomic mass is 16.6. The van der Waals surface area contributed by atoms with Gasteiger partial charge in [0.2, 0.25) is 0 Å². The molecule has 6 heteroatoms. The van der Waals surface area contributed by atoms with Crippen LogP contribution in [0.2, 0.25) is 0 Å². The fraction of sp³-hybridized carbons (Fsp3) is 0.662. The Balaban J connectivity index is 4.43. The fourth-order valence-corrected chi connectivity index (χ4v) is 8.13. The highest BCUT2D eigenvalue weighted by Crippen LogP contribution is 2.15. The molecule has 0 aliphatic rings. The summed E-state index contributed by atoms with van der Waals surface area (Å²) in [4.78, 5) is 38.2. The summed E-state index contributed by atoms with van der Waals surface area (Å²) in [7, 11) is 0. The standard InChI is InChI=1S/C68H112O6/c1-4-7-10-13-16-19-22-25-27-29-30-31-32-33-34-35-36-37-38-40-41-43-46-49-52-55-58-61-67(70)73-64-65(63-72-66(69)60-57-54-51-48-45-24-21-18-15-12-9-6-3)74-68(71)62-59-56-53-50-47-44-42-39-28-26-23-20-17-14-11-8-5-2/h7,10,16-17,19-20,25-28,30-31,33-34,36-37,40-41,46,49,65H,4-6,8-9,11-15,18,21-24,29,32,35,38-39,42-45,47-48,50-64H2,1-3H3/b10-7-,19-16-,20-17-,27-25-,28-26-,31-30-,34-33-,37-36-,41-40-,49-46-. The molecular weight excluding hydrogens is 913 g/mol. The molecule has 0 aromatic heterocycles. The van der Waals surface area contributed by atoms with Crippen molar-refractivity contribution in [3.63, 3.8) is 0 Å². The molecule has 74 heavy (non-hydrogen) atoms. The summed E-state index contributed by atoms with van der Waals surface area (Å²) < 4.78 is 16.8. The Kier molecular flexibility index (Phi) is 57.9. The van der Waals surface area contributed by atoms with Crippen LogP contribution in [-0.2, 0) is 28.6 Å². The average molecular weight is 1030 g/mol. The lowest BCUT2D eigenvalue weighted by atomic mass is 10.0. The minimum Gasteiger partial charge on any atom is -0.462 e. The summed E-state index contributed by atoms with van der Waals surface area (Å²) in [6.07, 6.45) is 84.8. The third-order valence-corrected chi connectivity index (χ3v) is 12.7. The van der Waals surface area contributed by atoms with Crippen molar-refractivity contribution < 1.29 is 28.6 Å². The van der Waals surface area contributed by atoms with Crippen molar-refractivity contribution in [3.8, 4) is 0 Å². The highest BCUT2D eigenvalue weighted by molar-refractivity contribution is 5.71. The van der Waals surface area contributed by atoms with E-state index in [0.29, 0.717) is 25.7 Å². The molecule has 6 nitrogen and oxygen atoms in total. The van der Waals surface area contributed by atoms with Crippen molar-refractivity contribution in [2.75, 3.05) is 13.2 Å². The van der Waals surface area contributed by atoms with Crippen molar-refractivity contribution in [2.45, 2.75) is 277 Å². The summed E-state index contributed by atoms with van der Waals surface area (Å²) in [6.45, 7) is 6.46. The number of unbranched alkanes of at least 4 members (excludes halogenated alkanes) is 23. The van der Waals surface area contributed by atoms with Gasteiger partial charge in [-0.25, -0.2) is 0 Å². The molecule has 0 rings (SSSR count). The molecule has 0 radical (unpaired) electrons. The van der Waals surface area contributed by atoms with E-state index >= 15 is 0 Å². The quantitative estimate of drug-likeness (QED) is 0.0261. The Morgan fingerprint density at radius 2 is 0.527 bits per heavy atom. The Morgan fingerprint density at radius 1 is 0.284 bits per heavy atom. The van der Waals surface area contributed by atoms with E-state index in [4.69, 9.17) is 14.2 Å². The number of carbonyl (C=O) groups is 3. The molecular formula is C68H112O6. The zero-order chi connectivity index (χ0) is 53.6. The summed E-state index contributed by atoms with van der Waals surface area (Å²) >= 11 is 0. The molecule has 0 spiro atoms. The normalized spacial score (nSPS) is 13.0. The van der Waals surface area contributed by atoms with E-state index in [1.165, 1.54) is 109 Å². The van der Waals surface area contributed by atoms with Crippen LogP contribution in [0.25, 0.3) is 0 Å². The lowest BCUT2D eigenvalue weighted by Gasteiger charge is -2.18. The predicted octanol–water partition coefficient (Wildman–Crippen LogP) is 20.8. The second-order valence-electron chi connectivity index (χ2n) is 19.9. The van der Waals surface area contributed by atoms with E-state index in [-0.39, 0.29) is 31.1 Å². The average Bonchev–Trinajstić information content (AvgIpc) is 3.40. The Hall–Kier alpha value is -4.19. The van der Waals surface area contributed by atoms with Crippen LogP contribution in [0.5, 0.6) is 0 Å². The Labute approximate surface area is 456 Å². The molecule has 0 aliphatic carbocycles. The molecule has 0 N–H and O–H groups in total. The first-order chi connectivity index (χ1) is 36.5. The van der Waals surface area contributed by atoms with Crippen molar-refractivity contribution >= 4 is 17.9 Å². The van der Waals surface area contributed by atoms with Crippen LogP contribution >= 0.6 is 0 Å². The maximum absolute atomic E-state index is 12.9. The van der Waals surface area contributed by atoms with Gasteiger partial charge in [-0.1, -0.05) is 258 Å². The number of hydrogen-bond acceptors (Lipinski definition) is 6. The first kappa shape index (κ1) is 69.8. The number of rotatable bonds is 54. The maximum atomic E-state index is 12.9. The molecule has 1 unspecified atom stereocenters. The fourth-order valence-electron chi connectivity index (χ4n) is 8.13. The van der Waals surface area contributed by atoms with Crippen LogP contribution in [0.3, 0.4) is 0 Å². The largest absolute Gasteiger partial charge is 0.462 e. The SMILES string of the molecule is CC/C=C\C/C=C\C/C=C\C/C=C\C/C=C\C/C=C\C/C=C\C/C=C\CCCCC(=O)OCC(COC(=O)CCCCCCCCCCCCCC)OC(=O)CCCCCCCCC/C=C\C/C=C\CCCCC. The van der Waals surface area contributed by atoms with Crippen LogP contribution in [0.1, 0.15) is 271 Å². The minimum atomic E-state index is -0.802. The molecule has 0 aromatic carbocycles. The summed E-state index contributed by atoms with van der Waals surface area (Å²) in [6, 6.07) is 0. The van der Waals surface area contributed by atoms with E-state index in [9.17, 15) is 14.4 Å². The number of hydrogen-bond donors (Lipinski definition) is 0. The van der Waals surface area contributed by atoms with Gasteiger partial charge >= 0.3 is 17.9 Å². The molecule has 0 amide bonds. The molecule has 0 aromatic rings. The number of ether oxygens (including phenoxy) is 3. The highest BCUT2D eigenvalue weighted by Gasteiger charge is 2.19. The van der Waals surface area contributed by atoms with Gasteiger partial charge in [0.05, 0.1) is 0 Å². The first-order valence-corrected chi connectivity index (χ1v) is 30.5. The van der Waals surface area contributed by atoms with Crippen LogP contribution < -0.4 is 0 Å². The van der Waals surface area contributed by atoms with E-state index in [0.717, 1.165) is 116 Å². The second kappa shape index (κ2) is 61.4. The molecule has 420 valence electrons. The lowest BCUT2D eigenvalue weighted by molar-refractivity contribution is -0.167. The van der Waals surface area contributed by atoms with Gasteiger partial charge in [0.1, 0.15) is 13.2 Å². The number of carbonyl (C=O) groups excluding carboxylic acids is 3. The van der Waals surface area contributed by atoms with Gasteiger partial charge in [0, 0.05) is 19.3 Å². The van der Waals surface area contributed by atoms with Crippen LogP contribution in [0, 0.1) is 0 Å². The van der Waals surface area contributed by atoms with Gasteiger partial charge in [0.25, 0.3) is 0 Å². The van der Waals surface area contributed by atoms with E-state index in [2.05, 4.69) is 142 Å².